The summed E-state index contributed by atoms with van der Waals surface area (Å²) in [5.41, 5.74) is -0.496. The number of nitro benzene ring substituents is 1. The van der Waals surface area contributed by atoms with Gasteiger partial charge in [-0.3, -0.25) is 14.8 Å². The van der Waals surface area contributed by atoms with Gasteiger partial charge in [0.05, 0.1) is 4.92 Å². The minimum atomic E-state index is -4.12. The quantitative estimate of drug-likeness (QED) is 0.642. The van der Waals surface area contributed by atoms with E-state index in [1.807, 2.05) is 0 Å². The summed E-state index contributed by atoms with van der Waals surface area (Å²) < 4.78 is 32.4. The molecule has 0 aliphatic carbocycles. The van der Waals surface area contributed by atoms with Crippen molar-refractivity contribution in [3.05, 3.63) is 39.4 Å². The van der Waals surface area contributed by atoms with Crippen molar-refractivity contribution in [2.75, 3.05) is 11.3 Å². The number of aromatic nitrogens is 2. The first-order valence-electron chi connectivity index (χ1n) is 6.68. The number of anilines is 1. The Bertz CT molecular complexity index is 829. The Morgan fingerprint density at radius 2 is 2.13 bits per heavy atom. The van der Waals surface area contributed by atoms with E-state index in [9.17, 15) is 18.5 Å². The Labute approximate surface area is 135 Å². The van der Waals surface area contributed by atoms with Gasteiger partial charge >= 0.3 is 0 Å². The molecule has 23 heavy (non-hydrogen) atoms. The molecular weight excluding hydrogens is 344 g/mol. The zero-order valence-corrected chi connectivity index (χ0v) is 13.3. The van der Waals surface area contributed by atoms with Gasteiger partial charge in [-0.15, -0.1) is 10.2 Å². The summed E-state index contributed by atoms with van der Waals surface area (Å²) >= 11 is 1.06. The van der Waals surface area contributed by atoms with E-state index in [1.165, 1.54) is 18.2 Å². The van der Waals surface area contributed by atoms with E-state index in [2.05, 4.69) is 14.9 Å². The van der Waals surface area contributed by atoms with Crippen molar-refractivity contribution in [3.8, 4) is 0 Å². The normalized spacial score (nSPS) is 18.0. The van der Waals surface area contributed by atoms with Crippen molar-refractivity contribution in [1.82, 2.24) is 10.2 Å². The van der Waals surface area contributed by atoms with Crippen molar-refractivity contribution < 1.29 is 18.1 Å². The molecule has 9 nitrogen and oxygen atoms in total. The summed E-state index contributed by atoms with van der Waals surface area (Å²) in [6, 6.07) is 5.12. The third kappa shape index (κ3) is 3.30. The molecule has 3 rings (SSSR count). The lowest BCUT2D eigenvalue weighted by Crippen LogP contribution is -2.14. The smallest absolute Gasteiger partial charge is 0.289 e. The predicted octanol–water partition coefficient (Wildman–Crippen LogP) is 2.10. The molecule has 0 saturated carbocycles. The van der Waals surface area contributed by atoms with E-state index in [-0.39, 0.29) is 11.2 Å². The van der Waals surface area contributed by atoms with Crippen LogP contribution in [0.5, 0.6) is 0 Å². The lowest BCUT2D eigenvalue weighted by Gasteiger charge is -2.05. The van der Waals surface area contributed by atoms with Crippen LogP contribution in [0.4, 0.5) is 10.8 Å². The maximum Gasteiger partial charge on any atom is 0.289 e. The standard InChI is InChI=1S/C12H12N4O5S2/c17-16(18)8-4-1-2-6-10(8)23(19,20)15-12-14-13-11(22-12)9-5-3-7-21-9/h1-2,4,6,9H,3,5,7H2,(H,14,15). The van der Waals surface area contributed by atoms with Crippen molar-refractivity contribution in [2.24, 2.45) is 0 Å². The SMILES string of the molecule is O=[N+]([O-])c1ccccc1S(=O)(=O)Nc1nnc(C2CCCO2)s1. The Hall–Kier alpha value is -2.11. The molecular formula is C12H12N4O5S2. The van der Waals surface area contributed by atoms with Gasteiger partial charge < -0.3 is 4.74 Å². The number of rotatable bonds is 5. The van der Waals surface area contributed by atoms with Crippen LogP contribution in [0.15, 0.2) is 29.2 Å². The highest BCUT2D eigenvalue weighted by Gasteiger charge is 2.27. The van der Waals surface area contributed by atoms with Gasteiger partial charge in [-0.05, 0) is 18.9 Å². The number of nitrogens with zero attached hydrogens (tertiary/aromatic N) is 3. The molecule has 1 saturated heterocycles. The van der Waals surface area contributed by atoms with Crippen LogP contribution < -0.4 is 4.72 Å². The minimum absolute atomic E-state index is 0.0497. The Balaban J connectivity index is 1.86. The van der Waals surface area contributed by atoms with Gasteiger partial charge in [0, 0.05) is 12.7 Å². The second-order valence-corrected chi connectivity index (χ2v) is 7.44. The summed E-state index contributed by atoms with van der Waals surface area (Å²) in [6.07, 6.45) is 1.56. The molecule has 1 aliphatic heterocycles. The number of ether oxygens (including phenoxy) is 1. The Kier molecular flexibility index (Phi) is 4.24. The summed E-state index contributed by atoms with van der Waals surface area (Å²) in [7, 11) is -4.12. The fourth-order valence-corrected chi connectivity index (χ4v) is 4.41. The van der Waals surface area contributed by atoms with E-state index < -0.39 is 25.5 Å². The molecule has 1 aliphatic rings. The lowest BCUT2D eigenvalue weighted by molar-refractivity contribution is -0.387. The molecule has 1 atom stereocenters. The molecule has 1 unspecified atom stereocenters. The first kappa shape index (κ1) is 15.8. The lowest BCUT2D eigenvalue weighted by atomic mass is 10.2. The number of nitrogens with one attached hydrogen (secondary N) is 1. The molecule has 0 amide bonds. The number of nitro groups is 1. The molecule has 2 heterocycles. The van der Waals surface area contributed by atoms with E-state index >= 15 is 0 Å². The molecule has 11 heteroatoms. The van der Waals surface area contributed by atoms with Crippen molar-refractivity contribution in [3.63, 3.8) is 0 Å². The number of sulfonamides is 1. The fraction of sp³-hybridized carbons (Fsp3) is 0.333. The topological polar surface area (TPSA) is 124 Å². The van der Waals surface area contributed by atoms with E-state index in [1.54, 1.807) is 0 Å². The van der Waals surface area contributed by atoms with Crippen molar-refractivity contribution >= 4 is 32.2 Å². The van der Waals surface area contributed by atoms with Crippen LogP contribution in [0.3, 0.4) is 0 Å². The second-order valence-electron chi connectivity index (χ2n) is 4.78. The summed E-state index contributed by atoms with van der Waals surface area (Å²) in [4.78, 5) is 9.81. The molecule has 1 aromatic heterocycles. The average Bonchev–Trinajstić information content (AvgIpc) is 3.17. The molecule has 0 radical (unpaired) electrons. The zero-order chi connectivity index (χ0) is 16.4. The molecule has 1 fully saturated rings. The highest BCUT2D eigenvalue weighted by molar-refractivity contribution is 7.93. The van der Waals surface area contributed by atoms with E-state index in [4.69, 9.17) is 4.74 Å². The number of hydrogen-bond acceptors (Lipinski definition) is 8. The zero-order valence-electron chi connectivity index (χ0n) is 11.7. The highest BCUT2D eigenvalue weighted by Crippen LogP contribution is 2.33. The first-order valence-corrected chi connectivity index (χ1v) is 8.98. The monoisotopic (exact) mass is 356 g/mol. The third-order valence-corrected chi connectivity index (χ3v) is 5.67. The molecule has 1 N–H and O–H groups in total. The summed E-state index contributed by atoms with van der Waals surface area (Å²) in [5.74, 6) is 0. The van der Waals surface area contributed by atoms with Crippen LogP contribution in [0, 0.1) is 10.1 Å². The molecule has 0 bridgehead atoms. The molecule has 122 valence electrons. The molecule has 2 aromatic rings. The highest BCUT2D eigenvalue weighted by atomic mass is 32.2. The summed E-state index contributed by atoms with van der Waals surface area (Å²) in [5, 5.41) is 19.3. The van der Waals surface area contributed by atoms with E-state index in [0.717, 1.165) is 30.2 Å². The second kappa shape index (κ2) is 6.18. The largest absolute Gasteiger partial charge is 0.371 e. The Morgan fingerprint density at radius 1 is 1.35 bits per heavy atom. The van der Waals surface area contributed by atoms with Crippen molar-refractivity contribution in [2.45, 2.75) is 23.8 Å². The van der Waals surface area contributed by atoms with Gasteiger partial charge in [0.2, 0.25) is 5.13 Å². The van der Waals surface area contributed by atoms with Gasteiger partial charge in [-0.1, -0.05) is 23.5 Å². The Morgan fingerprint density at radius 3 is 2.83 bits per heavy atom. The van der Waals surface area contributed by atoms with Gasteiger partial charge in [0.15, 0.2) is 4.90 Å². The van der Waals surface area contributed by atoms with Crippen LogP contribution in [-0.2, 0) is 14.8 Å². The maximum absolute atomic E-state index is 12.3. The van der Waals surface area contributed by atoms with Crippen molar-refractivity contribution in [1.29, 1.82) is 0 Å². The van der Waals surface area contributed by atoms with Gasteiger partial charge in [0.1, 0.15) is 11.1 Å². The van der Waals surface area contributed by atoms with E-state index in [0.29, 0.717) is 11.6 Å². The number of benzene rings is 1. The van der Waals surface area contributed by atoms with Gasteiger partial charge in [-0.25, -0.2) is 8.42 Å². The van der Waals surface area contributed by atoms with Crippen LogP contribution in [-0.4, -0.2) is 30.1 Å². The first-order chi connectivity index (χ1) is 11.0. The fourth-order valence-electron chi connectivity index (χ4n) is 2.18. The molecule has 1 aromatic carbocycles. The predicted molar refractivity (Wildman–Crippen MR) is 81.7 cm³/mol. The third-order valence-electron chi connectivity index (χ3n) is 3.22. The van der Waals surface area contributed by atoms with Crippen LogP contribution in [0.1, 0.15) is 24.0 Å². The number of hydrogen-bond donors (Lipinski definition) is 1. The van der Waals surface area contributed by atoms with Crippen LogP contribution in [0.25, 0.3) is 0 Å². The minimum Gasteiger partial charge on any atom is -0.371 e. The van der Waals surface area contributed by atoms with Gasteiger partial charge in [0.25, 0.3) is 15.7 Å². The van der Waals surface area contributed by atoms with Gasteiger partial charge in [-0.2, -0.15) is 0 Å². The van der Waals surface area contributed by atoms with Crippen LogP contribution >= 0.6 is 11.3 Å². The number of para-hydroxylation sites is 1. The summed E-state index contributed by atoms with van der Waals surface area (Å²) in [6.45, 7) is 0.640. The maximum atomic E-state index is 12.3. The molecule has 0 spiro atoms. The average molecular weight is 356 g/mol. The van der Waals surface area contributed by atoms with Crippen LogP contribution in [0.2, 0.25) is 0 Å².